The third kappa shape index (κ3) is 11.8. The van der Waals surface area contributed by atoms with Crippen LogP contribution in [0.15, 0.2) is 30.4 Å². The third-order valence-corrected chi connectivity index (χ3v) is 14.5. The fourth-order valence-electron chi connectivity index (χ4n) is 9.53. The predicted octanol–water partition coefficient (Wildman–Crippen LogP) is 6.10. The largest absolute Gasteiger partial charge is 0.444 e. The number of alkyl carbamates (subject to hydrolysis) is 1. The van der Waals surface area contributed by atoms with Crippen molar-refractivity contribution < 1.29 is 46.4 Å². The molecule has 7 rings (SSSR count). The van der Waals surface area contributed by atoms with Crippen LogP contribution in [0.4, 0.5) is 4.79 Å². The number of aromatic nitrogens is 4. The molecule has 5 aliphatic heterocycles. The van der Waals surface area contributed by atoms with Gasteiger partial charge in [0.15, 0.2) is 0 Å². The average Bonchev–Trinajstić information content (AvgIpc) is 3.98. The van der Waals surface area contributed by atoms with E-state index >= 15 is 4.79 Å². The van der Waals surface area contributed by atoms with Crippen LogP contribution in [0, 0.1) is 6.92 Å². The zero-order valence-corrected chi connectivity index (χ0v) is 43.3. The lowest BCUT2D eigenvalue weighted by Crippen LogP contribution is -2.47. The SMILES string of the molecule is CCC1=C(C)c2cc3nc(cc4[nH]c(c5c6[nH]c(cc1n2)c(C)c6C(=O)N(CCN1CCOCC1)C5=O)[C@@H](CCC(=O)N(C)CCNC(=O)OC(C)(C)C)[C@@H]4C)C(C)=C3/C=C/C(=O)N(C)CCS(=O)(=O)O. The monoisotopic (exact) mass is 997 g/mol. The van der Waals surface area contributed by atoms with Crippen LogP contribution in [0.3, 0.4) is 0 Å². The number of morpholine rings is 1. The molecule has 8 bridgehead atoms. The first-order chi connectivity index (χ1) is 33.5. The second-order valence-corrected chi connectivity index (χ2v) is 21.3. The molecule has 19 nitrogen and oxygen atoms in total. The zero-order chi connectivity index (χ0) is 51.7. The van der Waals surface area contributed by atoms with Gasteiger partial charge in [0.05, 0.1) is 58.4 Å². The van der Waals surface area contributed by atoms with Crippen molar-refractivity contribution in [2.24, 2.45) is 0 Å². The molecule has 0 aromatic carbocycles. The molecular formula is C51H67N9O10S. The van der Waals surface area contributed by atoms with Crippen molar-refractivity contribution in [2.75, 3.05) is 78.9 Å². The number of nitrogens with zero attached hydrogens (tertiary/aromatic N) is 6. The number of aromatic amines is 2. The maximum atomic E-state index is 15.2. The maximum absolute atomic E-state index is 15.2. The van der Waals surface area contributed by atoms with E-state index in [4.69, 9.17) is 19.4 Å². The molecule has 7 heterocycles. The number of ether oxygens (including phenoxy) is 2. The number of carbonyl (C=O) groups is 5. The van der Waals surface area contributed by atoms with Gasteiger partial charge in [-0.1, -0.05) is 13.8 Å². The molecule has 5 aliphatic rings. The molecule has 0 radical (unpaired) electrons. The van der Waals surface area contributed by atoms with Gasteiger partial charge in [0.1, 0.15) is 5.60 Å². The van der Waals surface area contributed by atoms with Crippen LogP contribution < -0.4 is 5.32 Å². The summed E-state index contributed by atoms with van der Waals surface area (Å²) < 4.78 is 43.1. The van der Waals surface area contributed by atoms with Crippen molar-refractivity contribution in [1.29, 1.82) is 0 Å². The van der Waals surface area contributed by atoms with Crippen molar-refractivity contribution in [3.8, 4) is 0 Å². The Bertz CT molecular complexity index is 2920. The molecule has 4 N–H and O–H groups in total. The van der Waals surface area contributed by atoms with Gasteiger partial charge in [0.2, 0.25) is 11.8 Å². The molecule has 2 aromatic rings. The lowest BCUT2D eigenvalue weighted by atomic mass is 9.84. The highest BCUT2D eigenvalue weighted by Crippen LogP contribution is 2.45. The van der Waals surface area contributed by atoms with E-state index in [0.717, 1.165) is 22.4 Å². The molecule has 71 heavy (non-hydrogen) atoms. The smallest absolute Gasteiger partial charge is 0.407 e. The standard InChI is InChI=1S/C51H67N9O10S/c1-11-33-29(2)37-27-41-34(12-14-43(62)58(10)22-25-71(66,67)68)30(3)36(54-41)26-38-31(4)35(13-15-42(61)57(9)17-16-52-50(65)70-51(6,7)8)46(55-38)45-47-44(32(5)39(56-47)28-40(33)53-37)48(63)60(49(45)64)19-18-59-20-23-69-24-21-59/h12,14,26-28,31,35,55-56H,11,13,15-25H2,1-10H3,(H,52,65)(H,66,67,68)/b14-12+,38-26?,40-28?,41-27?,46-45?/t31-,35-/m0/s1. The Labute approximate surface area is 415 Å². The summed E-state index contributed by atoms with van der Waals surface area (Å²) in [4.78, 5) is 93.1. The van der Waals surface area contributed by atoms with Crippen LogP contribution in [-0.4, -0.2) is 167 Å². The Kier molecular flexibility index (Phi) is 15.7. The van der Waals surface area contributed by atoms with Gasteiger partial charge in [-0.3, -0.25) is 33.5 Å². The number of fused-ring (bicyclic) bond motifs is 8. The first kappa shape index (κ1) is 52.6. The number of hydrogen-bond acceptors (Lipinski definition) is 12. The van der Waals surface area contributed by atoms with Gasteiger partial charge >= 0.3 is 6.09 Å². The van der Waals surface area contributed by atoms with Crippen LogP contribution in [0.1, 0.15) is 140 Å². The predicted molar refractivity (Wildman–Crippen MR) is 270 cm³/mol. The Morgan fingerprint density at radius 2 is 1.61 bits per heavy atom. The summed E-state index contributed by atoms with van der Waals surface area (Å²) in [6.07, 6.45) is 3.47. The van der Waals surface area contributed by atoms with E-state index in [0.29, 0.717) is 107 Å². The number of imide groups is 1. The van der Waals surface area contributed by atoms with E-state index in [1.54, 1.807) is 38.8 Å². The fraction of sp³-hybridized carbons (Fsp3) is 0.510. The van der Waals surface area contributed by atoms with Crippen molar-refractivity contribution in [3.05, 3.63) is 81.2 Å². The van der Waals surface area contributed by atoms with E-state index in [2.05, 4.69) is 20.2 Å². The Hall–Kier alpha value is -6.22. The van der Waals surface area contributed by atoms with Crippen molar-refractivity contribution in [2.45, 2.75) is 92.1 Å². The normalized spacial score (nSPS) is 18.1. The summed E-state index contributed by atoms with van der Waals surface area (Å²) in [5.41, 5.74) is 8.69. The molecule has 20 heteroatoms. The lowest BCUT2D eigenvalue weighted by Gasteiger charge is -2.31. The Balaban J connectivity index is 1.38. The number of H-pyrrole nitrogens is 2. The average molecular weight is 998 g/mol. The highest BCUT2D eigenvalue weighted by Gasteiger charge is 2.41. The summed E-state index contributed by atoms with van der Waals surface area (Å²) in [7, 11) is -1.17. The number of amides is 5. The van der Waals surface area contributed by atoms with E-state index in [1.165, 1.54) is 22.9 Å². The highest BCUT2D eigenvalue weighted by molar-refractivity contribution is 7.85. The van der Waals surface area contributed by atoms with Gasteiger partial charge in [0, 0.05) is 107 Å². The minimum Gasteiger partial charge on any atom is -0.444 e. The molecular weight excluding hydrogens is 931 g/mol. The van der Waals surface area contributed by atoms with Crippen molar-refractivity contribution in [3.63, 3.8) is 0 Å². The highest BCUT2D eigenvalue weighted by atomic mass is 32.2. The van der Waals surface area contributed by atoms with Gasteiger partial charge in [-0.15, -0.1) is 0 Å². The van der Waals surface area contributed by atoms with Gasteiger partial charge in [0.25, 0.3) is 21.9 Å². The molecule has 2 atom stereocenters. The van der Waals surface area contributed by atoms with Gasteiger partial charge in [-0.2, -0.15) is 8.42 Å². The first-order valence-electron chi connectivity index (χ1n) is 24.2. The van der Waals surface area contributed by atoms with E-state index in [9.17, 15) is 32.1 Å². The lowest BCUT2D eigenvalue weighted by molar-refractivity contribution is -0.130. The van der Waals surface area contributed by atoms with E-state index in [-0.39, 0.29) is 44.4 Å². The second kappa shape index (κ2) is 21.2. The topological polar surface area (TPSA) is 241 Å². The molecule has 0 aliphatic carbocycles. The van der Waals surface area contributed by atoms with Crippen molar-refractivity contribution >= 4 is 73.2 Å². The van der Waals surface area contributed by atoms with Gasteiger partial charge in [-0.25, -0.2) is 14.8 Å². The molecule has 382 valence electrons. The zero-order valence-electron chi connectivity index (χ0n) is 42.4. The molecule has 0 saturated carbocycles. The number of carbonyl (C=O) groups excluding carboxylic acids is 5. The van der Waals surface area contributed by atoms with E-state index < -0.39 is 51.2 Å². The summed E-state index contributed by atoms with van der Waals surface area (Å²) >= 11 is 0. The maximum Gasteiger partial charge on any atom is 0.407 e. The number of hydrogen-bond donors (Lipinski definition) is 4. The molecule has 1 saturated heterocycles. The second-order valence-electron chi connectivity index (χ2n) is 19.7. The Morgan fingerprint density at radius 3 is 2.28 bits per heavy atom. The minimum absolute atomic E-state index is 0.103. The van der Waals surface area contributed by atoms with Crippen LogP contribution in [0.2, 0.25) is 0 Å². The first-order valence-corrected chi connectivity index (χ1v) is 25.8. The van der Waals surface area contributed by atoms with Crippen LogP contribution in [0.25, 0.3) is 33.3 Å². The number of aryl methyl sites for hydroxylation is 1. The molecule has 0 unspecified atom stereocenters. The molecule has 5 amide bonds. The summed E-state index contributed by atoms with van der Waals surface area (Å²) in [6, 6.07) is 5.71. The number of nitrogens with one attached hydrogen (secondary N) is 3. The number of likely N-dealkylation sites (N-methyl/N-ethyl adjacent to an activating group) is 2. The van der Waals surface area contributed by atoms with Crippen LogP contribution >= 0.6 is 0 Å². The summed E-state index contributed by atoms with van der Waals surface area (Å²) in [5, 5.41) is 2.70. The Morgan fingerprint density at radius 1 is 0.930 bits per heavy atom. The van der Waals surface area contributed by atoms with Gasteiger partial charge < -0.3 is 34.6 Å². The van der Waals surface area contributed by atoms with Gasteiger partial charge in [-0.05, 0) is 101 Å². The summed E-state index contributed by atoms with van der Waals surface area (Å²) in [5.74, 6) is -2.83. The third-order valence-electron chi connectivity index (χ3n) is 13.8. The quantitative estimate of drug-likeness (QED) is 0.0898. The molecule has 2 aromatic heterocycles. The summed E-state index contributed by atoms with van der Waals surface area (Å²) in [6.45, 7) is 18.4. The number of allylic oxidation sites excluding steroid dienone is 5. The van der Waals surface area contributed by atoms with Crippen LogP contribution in [0.5, 0.6) is 0 Å². The number of rotatable bonds is 15. The van der Waals surface area contributed by atoms with Crippen molar-refractivity contribution in [1.82, 2.24) is 44.9 Å². The molecule has 1 fully saturated rings. The minimum atomic E-state index is -4.29. The fourth-order valence-corrected chi connectivity index (χ4v) is 10.0. The van der Waals surface area contributed by atoms with E-state index in [1.807, 2.05) is 52.8 Å². The van der Waals surface area contributed by atoms with Crippen LogP contribution in [-0.2, 0) is 29.2 Å². The molecule has 0 spiro atoms.